The minimum Gasteiger partial charge on any atom is -0.360 e. The third kappa shape index (κ3) is 5.54. The molecule has 0 aromatic heterocycles. The summed E-state index contributed by atoms with van der Waals surface area (Å²) in [4.78, 5) is 37.1. The van der Waals surface area contributed by atoms with Crippen molar-refractivity contribution in [3.8, 4) is 0 Å². The summed E-state index contributed by atoms with van der Waals surface area (Å²) < 4.78 is 0. The summed E-state index contributed by atoms with van der Waals surface area (Å²) in [5.74, 6) is -0.679. The van der Waals surface area contributed by atoms with Crippen LogP contribution in [0.2, 0.25) is 0 Å². The van der Waals surface area contributed by atoms with Gasteiger partial charge in [0.2, 0.25) is 5.91 Å². The number of anilines is 2. The Morgan fingerprint density at radius 1 is 1.17 bits per heavy atom. The lowest BCUT2D eigenvalue weighted by Gasteiger charge is -2.20. The second-order valence-corrected chi connectivity index (χ2v) is 7.24. The molecule has 2 aromatic carbocycles. The van der Waals surface area contributed by atoms with E-state index >= 15 is 0 Å². The van der Waals surface area contributed by atoms with Crippen molar-refractivity contribution in [2.75, 3.05) is 23.8 Å². The summed E-state index contributed by atoms with van der Waals surface area (Å²) in [6, 6.07) is 9.76. The zero-order chi connectivity index (χ0) is 21.7. The lowest BCUT2D eigenvalue weighted by Crippen LogP contribution is -2.31. The Morgan fingerprint density at radius 2 is 1.86 bits per heavy atom. The van der Waals surface area contributed by atoms with Crippen molar-refractivity contribution in [3.05, 3.63) is 63.2 Å². The largest absolute Gasteiger partial charge is 0.360 e. The van der Waals surface area contributed by atoms with Crippen LogP contribution in [0.5, 0.6) is 0 Å². The number of carbonyl (C=O) groups excluding carboxylic acids is 2. The predicted molar refractivity (Wildman–Crippen MR) is 114 cm³/mol. The molecule has 0 fully saturated rings. The number of nitrogens with zero attached hydrogens (tertiary/aromatic N) is 2. The SMILES string of the molecule is Cc1cccc(NC(=O)CN(C)c2ccc(C(=O)NC(C)C)cc2[N+](=O)[O-])c1C. The van der Waals surface area contributed by atoms with Gasteiger partial charge in [0.15, 0.2) is 0 Å². The summed E-state index contributed by atoms with van der Waals surface area (Å²) in [7, 11) is 1.60. The van der Waals surface area contributed by atoms with Crippen LogP contribution in [-0.2, 0) is 4.79 Å². The molecule has 0 aliphatic carbocycles. The van der Waals surface area contributed by atoms with Crippen molar-refractivity contribution in [2.45, 2.75) is 33.7 Å². The highest BCUT2D eigenvalue weighted by Gasteiger charge is 2.22. The molecule has 8 nitrogen and oxygen atoms in total. The molecule has 8 heteroatoms. The lowest BCUT2D eigenvalue weighted by molar-refractivity contribution is -0.384. The van der Waals surface area contributed by atoms with Gasteiger partial charge in [0, 0.05) is 30.4 Å². The number of benzene rings is 2. The molecule has 0 unspecified atom stereocenters. The van der Waals surface area contributed by atoms with Gasteiger partial charge in [-0.3, -0.25) is 19.7 Å². The maximum Gasteiger partial charge on any atom is 0.293 e. The van der Waals surface area contributed by atoms with Crippen LogP contribution in [0, 0.1) is 24.0 Å². The third-order valence-electron chi connectivity index (χ3n) is 4.52. The number of aryl methyl sites for hydroxylation is 1. The van der Waals surface area contributed by atoms with E-state index in [-0.39, 0.29) is 41.3 Å². The fraction of sp³-hybridized carbons (Fsp3) is 0.333. The fourth-order valence-electron chi connectivity index (χ4n) is 2.86. The van der Waals surface area contributed by atoms with Crippen molar-refractivity contribution in [1.82, 2.24) is 5.32 Å². The molecule has 2 aromatic rings. The molecule has 0 aliphatic rings. The van der Waals surface area contributed by atoms with E-state index in [0.29, 0.717) is 5.69 Å². The summed E-state index contributed by atoms with van der Waals surface area (Å²) in [6.07, 6.45) is 0. The van der Waals surface area contributed by atoms with Gasteiger partial charge in [-0.05, 0) is 57.0 Å². The minimum atomic E-state index is -0.555. The monoisotopic (exact) mass is 398 g/mol. The first-order valence-corrected chi connectivity index (χ1v) is 9.26. The molecule has 29 heavy (non-hydrogen) atoms. The van der Waals surface area contributed by atoms with Crippen LogP contribution in [0.15, 0.2) is 36.4 Å². The van der Waals surface area contributed by atoms with Crippen LogP contribution in [0.3, 0.4) is 0 Å². The maximum atomic E-state index is 12.5. The smallest absolute Gasteiger partial charge is 0.293 e. The Bertz CT molecular complexity index is 940. The predicted octanol–water partition coefficient (Wildman–Crippen LogP) is 3.42. The Morgan fingerprint density at radius 3 is 2.48 bits per heavy atom. The highest BCUT2D eigenvalue weighted by atomic mass is 16.6. The number of likely N-dealkylation sites (N-methyl/N-ethyl adjacent to an activating group) is 1. The molecular formula is C21H26N4O4. The molecule has 0 atom stereocenters. The molecule has 2 rings (SSSR count). The van der Waals surface area contributed by atoms with Gasteiger partial charge in [0.25, 0.3) is 11.6 Å². The van der Waals surface area contributed by atoms with E-state index in [2.05, 4.69) is 10.6 Å². The average Bonchev–Trinajstić information content (AvgIpc) is 2.64. The second kappa shape index (κ2) is 9.18. The molecular weight excluding hydrogens is 372 g/mol. The Labute approximate surface area is 170 Å². The number of nitro groups is 1. The second-order valence-electron chi connectivity index (χ2n) is 7.24. The highest BCUT2D eigenvalue weighted by Crippen LogP contribution is 2.28. The van der Waals surface area contributed by atoms with Gasteiger partial charge in [-0.1, -0.05) is 12.1 Å². The molecule has 0 saturated carbocycles. The number of nitrogens with one attached hydrogen (secondary N) is 2. The summed E-state index contributed by atoms with van der Waals surface area (Å²) >= 11 is 0. The van der Waals surface area contributed by atoms with Gasteiger partial charge in [-0.2, -0.15) is 0 Å². The van der Waals surface area contributed by atoms with E-state index < -0.39 is 4.92 Å². The Hall–Kier alpha value is -3.42. The summed E-state index contributed by atoms with van der Waals surface area (Å²) in [6.45, 7) is 7.41. The van der Waals surface area contributed by atoms with Crippen LogP contribution in [0.1, 0.15) is 35.3 Å². The molecule has 0 aliphatic heterocycles. The van der Waals surface area contributed by atoms with Crippen molar-refractivity contribution in [2.24, 2.45) is 0 Å². The van der Waals surface area contributed by atoms with E-state index in [0.717, 1.165) is 11.1 Å². The quantitative estimate of drug-likeness (QED) is 0.549. The Kier molecular flexibility index (Phi) is 6.93. The van der Waals surface area contributed by atoms with Crippen LogP contribution in [0.25, 0.3) is 0 Å². The molecule has 154 valence electrons. The number of nitro benzene ring substituents is 1. The first-order valence-electron chi connectivity index (χ1n) is 9.26. The van der Waals surface area contributed by atoms with Gasteiger partial charge in [0.1, 0.15) is 5.69 Å². The van der Waals surface area contributed by atoms with Gasteiger partial charge >= 0.3 is 0 Å². The molecule has 0 radical (unpaired) electrons. The van der Waals surface area contributed by atoms with Crippen molar-refractivity contribution < 1.29 is 14.5 Å². The molecule has 0 bridgehead atoms. The van der Waals surface area contributed by atoms with Gasteiger partial charge in [-0.15, -0.1) is 0 Å². The van der Waals surface area contributed by atoms with Gasteiger partial charge < -0.3 is 15.5 Å². The fourth-order valence-corrected chi connectivity index (χ4v) is 2.86. The van der Waals surface area contributed by atoms with E-state index in [4.69, 9.17) is 0 Å². The van der Waals surface area contributed by atoms with Crippen LogP contribution in [-0.4, -0.2) is 36.4 Å². The maximum absolute atomic E-state index is 12.5. The number of rotatable bonds is 7. The van der Waals surface area contributed by atoms with Crippen molar-refractivity contribution in [3.63, 3.8) is 0 Å². The minimum absolute atomic E-state index is 0.0776. The van der Waals surface area contributed by atoms with Gasteiger partial charge in [-0.25, -0.2) is 0 Å². The van der Waals surface area contributed by atoms with Crippen LogP contribution in [0.4, 0.5) is 17.1 Å². The zero-order valence-electron chi connectivity index (χ0n) is 17.3. The van der Waals surface area contributed by atoms with E-state index in [9.17, 15) is 19.7 Å². The topological polar surface area (TPSA) is 105 Å². The van der Waals surface area contributed by atoms with E-state index in [1.165, 1.54) is 23.1 Å². The first kappa shape index (κ1) is 21.9. The molecule has 2 amide bonds. The van der Waals surface area contributed by atoms with Crippen LogP contribution < -0.4 is 15.5 Å². The standard InChI is InChI=1S/C21H26N4O4/c1-13(2)22-21(27)16-9-10-18(19(11-16)25(28)29)24(5)12-20(26)23-17-8-6-7-14(3)15(17)4/h6-11,13H,12H2,1-5H3,(H,22,27)(H,23,26). The highest BCUT2D eigenvalue weighted by molar-refractivity contribution is 5.97. The van der Waals surface area contributed by atoms with E-state index in [1.807, 2.05) is 45.9 Å². The molecule has 0 saturated heterocycles. The third-order valence-corrected chi connectivity index (χ3v) is 4.52. The number of hydrogen-bond acceptors (Lipinski definition) is 5. The normalized spacial score (nSPS) is 10.6. The average molecular weight is 398 g/mol. The number of amides is 2. The lowest BCUT2D eigenvalue weighted by atomic mass is 10.1. The molecule has 2 N–H and O–H groups in total. The summed E-state index contributed by atoms with van der Waals surface area (Å²) in [5, 5.41) is 17.1. The van der Waals surface area contributed by atoms with Crippen molar-refractivity contribution in [1.29, 1.82) is 0 Å². The zero-order valence-corrected chi connectivity index (χ0v) is 17.3. The molecule has 0 heterocycles. The van der Waals surface area contributed by atoms with Gasteiger partial charge in [0.05, 0.1) is 11.5 Å². The number of carbonyl (C=O) groups is 2. The van der Waals surface area contributed by atoms with Crippen LogP contribution >= 0.6 is 0 Å². The number of hydrogen-bond donors (Lipinski definition) is 2. The summed E-state index contributed by atoms with van der Waals surface area (Å²) in [5.41, 5.74) is 2.95. The van der Waals surface area contributed by atoms with E-state index in [1.54, 1.807) is 7.05 Å². The first-order chi connectivity index (χ1) is 13.6. The van der Waals surface area contributed by atoms with Crippen molar-refractivity contribution >= 4 is 28.9 Å². The Balaban J connectivity index is 2.19. The molecule has 0 spiro atoms.